The van der Waals surface area contributed by atoms with Crippen LogP contribution in [0, 0.1) is 11.8 Å². The summed E-state index contributed by atoms with van der Waals surface area (Å²) < 4.78 is 5.34. The number of aliphatic carboxylic acids is 1. The van der Waals surface area contributed by atoms with Crippen LogP contribution in [0.4, 0.5) is 0 Å². The molecule has 2 rings (SSSR count). The van der Waals surface area contributed by atoms with Crippen LogP contribution in [0.5, 0.6) is 0 Å². The molecular weight excluding hydrogens is 170 g/mol. The van der Waals surface area contributed by atoms with Gasteiger partial charge >= 0.3 is 5.97 Å². The lowest BCUT2D eigenvalue weighted by atomic mass is 10.0. The van der Waals surface area contributed by atoms with Crippen molar-refractivity contribution in [1.29, 1.82) is 0 Å². The molecular formula is C9H15NO3. The summed E-state index contributed by atoms with van der Waals surface area (Å²) in [6.45, 7) is 4.49. The van der Waals surface area contributed by atoms with Gasteiger partial charge in [0.1, 0.15) is 0 Å². The van der Waals surface area contributed by atoms with E-state index in [4.69, 9.17) is 9.84 Å². The Morgan fingerprint density at radius 3 is 2.54 bits per heavy atom. The first-order valence-electron chi connectivity index (χ1n) is 4.77. The predicted octanol–water partition coefficient (Wildman–Crippen LogP) is 0.0393. The maximum atomic E-state index is 10.4. The van der Waals surface area contributed by atoms with E-state index in [1.807, 2.05) is 0 Å². The quantitative estimate of drug-likeness (QED) is 0.674. The van der Waals surface area contributed by atoms with Crippen LogP contribution in [0.15, 0.2) is 0 Å². The van der Waals surface area contributed by atoms with E-state index in [-0.39, 0.29) is 6.42 Å². The van der Waals surface area contributed by atoms with Crippen molar-refractivity contribution in [3.63, 3.8) is 0 Å². The van der Waals surface area contributed by atoms with Crippen LogP contribution in [0.25, 0.3) is 0 Å². The zero-order valence-corrected chi connectivity index (χ0v) is 7.61. The average Bonchev–Trinajstić information content (AvgIpc) is 2.58. The number of carboxylic acids is 1. The molecule has 4 nitrogen and oxygen atoms in total. The summed E-state index contributed by atoms with van der Waals surface area (Å²) >= 11 is 0. The van der Waals surface area contributed by atoms with Gasteiger partial charge < -0.3 is 14.7 Å². The molecule has 0 aliphatic carbocycles. The van der Waals surface area contributed by atoms with Crippen molar-refractivity contribution in [2.45, 2.75) is 6.42 Å². The molecule has 2 saturated heterocycles. The molecule has 0 radical (unpaired) electrons. The van der Waals surface area contributed by atoms with Crippen LogP contribution in [-0.2, 0) is 9.53 Å². The SMILES string of the molecule is O=C(O)CCN1C[C@@H]2COC[C@H]2C1. The van der Waals surface area contributed by atoms with E-state index >= 15 is 0 Å². The Balaban J connectivity index is 1.75. The van der Waals surface area contributed by atoms with Crippen LogP contribution >= 0.6 is 0 Å². The lowest BCUT2D eigenvalue weighted by molar-refractivity contribution is -0.137. The first kappa shape index (κ1) is 8.97. The molecule has 0 saturated carbocycles. The van der Waals surface area contributed by atoms with E-state index in [0.29, 0.717) is 18.4 Å². The Hall–Kier alpha value is -0.610. The third-order valence-electron chi connectivity index (χ3n) is 2.96. The van der Waals surface area contributed by atoms with Gasteiger partial charge in [-0.05, 0) is 0 Å². The molecule has 0 unspecified atom stereocenters. The molecule has 2 aliphatic heterocycles. The Morgan fingerprint density at radius 2 is 2.00 bits per heavy atom. The Morgan fingerprint density at radius 1 is 1.38 bits per heavy atom. The monoisotopic (exact) mass is 185 g/mol. The smallest absolute Gasteiger partial charge is 0.304 e. The summed E-state index contributed by atoms with van der Waals surface area (Å²) in [4.78, 5) is 12.6. The normalized spacial score (nSPS) is 33.5. The van der Waals surface area contributed by atoms with Gasteiger partial charge in [0.05, 0.1) is 19.6 Å². The molecule has 0 aromatic rings. The number of rotatable bonds is 3. The maximum Gasteiger partial charge on any atom is 0.304 e. The zero-order valence-electron chi connectivity index (χ0n) is 7.61. The minimum Gasteiger partial charge on any atom is -0.481 e. The van der Waals surface area contributed by atoms with E-state index in [1.54, 1.807) is 0 Å². The van der Waals surface area contributed by atoms with Crippen molar-refractivity contribution in [3.8, 4) is 0 Å². The van der Waals surface area contributed by atoms with Gasteiger partial charge in [0.25, 0.3) is 0 Å². The van der Waals surface area contributed by atoms with E-state index < -0.39 is 5.97 Å². The zero-order chi connectivity index (χ0) is 9.26. The van der Waals surface area contributed by atoms with Crippen molar-refractivity contribution >= 4 is 5.97 Å². The number of hydrogen-bond donors (Lipinski definition) is 1. The number of nitrogens with zero attached hydrogens (tertiary/aromatic N) is 1. The van der Waals surface area contributed by atoms with Crippen LogP contribution < -0.4 is 0 Å². The van der Waals surface area contributed by atoms with E-state index in [0.717, 1.165) is 26.3 Å². The highest BCUT2D eigenvalue weighted by molar-refractivity contribution is 5.66. The van der Waals surface area contributed by atoms with Crippen LogP contribution in [0.2, 0.25) is 0 Å². The Bertz CT molecular complexity index is 195. The number of carbonyl (C=O) groups is 1. The number of carboxylic acid groups (broad SMARTS) is 1. The van der Waals surface area contributed by atoms with Gasteiger partial charge in [-0.3, -0.25) is 4.79 Å². The summed E-state index contributed by atoms with van der Waals surface area (Å²) in [5.74, 6) is 0.621. The summed E-state index contributed by atoms with van der Waals surface area (Å²) in [7, 11) is 0. The first-order chi connectivity index (χ1) is 6.25. The standard InChI is InChI=1S/C9H15NO3/c11-9(12)1-2-10-3-7-5-13-6-8(7)4-10/h7-8H,1-6H2,(H,11,12)/t7-,8-/m1/s1. The molecule has 0 amide bonds. The molecule has 4 heteroatoms. The highest BCUT2D eigenvalue weighted by atomic mass is 16.5. The lowest BCUT2D eigenvalue weighted by Crippen LogP contribution is -2.25. The molecule has 0 aromatic heterocycles. The molecule has 2 atom stereocenters. The van der Waals surface area contributed by atoms with Crippen molar-refractivity contribution < 1.29 is 14.6 Å². The van der Waals surface area contributed by atoms with Crippen molar-refractivity contribution in [2.24, 2.45) is 11.8 Å². The molecule has 0 bridgehead atoms. The Kier molecular flexibility index (Phi) is 2.51. The highest BCUT2D eigenvalue weighted by Gasteiger charge is 2.36. The fraction of sp³-hybridized carbons (Fsp3) is 0.889. The Labute approximate surface area is 77.5 Å². The molecule has 74 valence electrons. The molecule has 1 N–H and O–H groups in total. The van der Waals surface area contributed by atoms with Gasteiger partial charge in [-0.25, -0.2) is 0 Å². The fourth-order valence-corrected chi connectivity index (χ4v) is 2.22. The highest BCUT2D eigenvalue weighted by Crippen LogP contribution is 2.28. The van der Waals surface area contributed by atoms with Gasteiger partial charge in [0.15, 0.2) is 0 Å². The van der Waals surface area contributed by atoms with Crippen molar-refractivity contribution in [2.75, 3.05) is 32.8 Å². The van der Waals surface area contributed by atoms with Crippen LogP contribution in [-0.4, -0.2) is 48.8 Å². The van der Waals surface area contributed by atoms with Crippen LogP contribution in [0.1, 0.15) is 6.42 Å². The molecule has 0 spiro atoms. The average molecular weight is 185 g/mol. The molecule has 13 heavy (non-hydrogen) atoms. The van der Waals surface area contributed by atoms with Gasteiger partial charge in [0, 0.05) is 31.5 Å². The van der Waals surface area contributed by atoms with Gasteiger partial charge in [-0.15, -0.1) is 0 Å². The lowest BCUT2D eigenvalue weighted by Gasteiger charge is -2.14. The number of hydrogen-bond acceptors (Lipinski definition) is 3. The van der Waals surface area contributed by atoms with Crippen molar-refractivity contribution in [1.82, 2.24) is 4.90 Å². The maximum absolute atomic E-state index is 10.4. The summed E-state index contributed by atoms with van der Waals surface area (Å²) in [5, 5.41) is 8.53. The largest absolute Gasteiger partial charge is 0.481 e. The molecule has 2 fully saturated rings. The summed E-state index contributed by atoms with van der Waals surface area (Å²) in [6, 6.07) is 0. The minimum atomic E-state index is -0.701. The predicted molar refractivity (Wildman–Crippen MR) is 46.5 cm³/mol. The number of fused-ring (bicyclic) bond motifs is 1. The number of likely N-dealkylation sites (tertiary alicyclic amines) is 1. The summed E-state index contributed by atoms with van der Waals surface area (Å²) in [6.07, 6.45) is 0.264. The fourth-order valence-electron chi connectivity index (χ4n) is 2.22. The molecule has 0 aromatic carbocycles. The van der Waals surface area contributed by atoms with Gasteiger partial charge in [-0.1, -0.05) is 0 Å². The second kappa shape index (κ2) is 3.64. The topological polar surface area (TPSA) is 49.8 Å². The van der Waals surface area contributed by atoms with E-state index in [1.165, 1.54) is 0 Å². The first-order valence-corrected chi connectivity index (χ1v) is 4.77. The summed E-state index contributed by atoms with van der Waals surface area (Å²) in [5.41, 5.74) is 0. The second-order valence-corrected chi connectivity index (χ2v) is 3.96. The second-order valence-electron chi connectivity index (χ2n) is 3.96. The van der Waals surface area contributed by atoms with Crippen LogP contribution in [0.3, 0.4) is 0 Å². The van der Waals surface area contributed by atoms with Gasteiger partial charge in [-0.2, -0.15) is 0 Å². The molecule has 2 aliphatic rings. The van der Waals surface area contributed by atoms with E-state index in [2.05, 4.69) is 4.90 Å². The van der Waals surface area contributed by atoms with E-state index in [9.17, 15) is 4.79 Å². The third-order valence-corrected chi connectivity index (χ3v) is 2.96. The minimum absolute atomic E-state index is 0.264. The number of ether oxygens (including phenoxy) is 1. The molecule has 2 heterocycles. The third kappa shape index (κ3) is 2.00. The van der Waals surface area contributed by atoms with Crippen molar-refractivity contribution in [3.05, 3.63) is 0 Å². The van der Waals surface area contributed by atoms with Gasteiger partial charge in [0.2, 0.25) is 0 Å².